The Labute approximate surface area is 187 Å². The molecule has 0 bridgehead atoms. The average Bonchev–Trinajstić information content (AvgIpc) is 2.78. The van der Waals surface area contributed by atoms with E-state index >= 15 is 0 Å². The van der Waals surface area contributed by atoms with Crippen LogP contribution >= 0.6 is 0 Å². The number of rotatable bonds is 8. The van der Waals surface area contributed by atoms with Gasteiger partial charge in [-0.25, -0.2) is 4.79 Å². The lowest BCUT2D eigenvalue weighted by molar-refractivity contribution is -0.134. The molecule has 8 nitrogen and oxygen atoms in total. The van der Waals surface area contributed by atoms with Crippen molar-refractivity contribution < 1.29 is 28.6 Å². The van der Waals surface area contributed by atoms with E-state index < -0.39 is 17.8 Å². The van der Waals surface area contributed by atoms with Gasteiger partial charge in [0, 0.05) is 14.1 Å². The van der Waals surface area contributed by atoms with E-state index in [1.807, 2.05) is 38.1 Å². The third kappa shape index (κ3) is 5.08. The molecular formula is C24H26N2O6. The fourth-order valence-corrected chi connectivity index (χ4v) is 3.16. The van der Waals surface area contributed by atoms with E-state index in [1.54, 1.807) is 18.2 Å². The number of likely N-dealkylation sites (N-methyl/N-ethyl adjacent to an activating group) is 2. The molecule has 1 aliphatic heterocycles. The van der Waals surface area contributed by atoms with Gasteiger partial charge in [-0.1, -0.05) is 18.2 Å². The normalized spacial score (nSPS) is 14.0. The molecule has 0 unspecified atom stereocenters. The van der Waals surface area contributed by atoms with Crippen molar-refractivity contribution in [1.29, 1.82) is 0 Å². The maximum absolute atomic E-state index is 12.4. The molecule has 2 aromatic rings. The van der Waals surface area contributed by atoms with Crippen molar-refractivity contribution in [2.24, 2.45) is 0 Å². The first kappa shape index (κ1) is 22.9. The predicted octanol–water partition coefficient (Wildman–Crippen LogP) is 3.29. The topological polar surface area (TPSA) is 85.4 Å². The Morgan fingerprint density at radius 2 is 1.53 bits per heavy atom. The Bertz CT molecular complexity index is 1040. The van der Waals surface area contributed by atoms with E-state index in [1.165, 1.54) is 20.2 Å². The van der Waals surface area contributed by atoms with E-state index in [4.69, 9.17) is 14.2 Å². The number of carbonyl (C=O) groups is 3. The van der Waals surface area contributed by atoms with Crippen LogP contribution in [0, 0.1) is 6.92 Å². The number of barbiturate groups is 1. The van der Waals surface area contributed by atoms with Crippen LogP contribution in [-0.2, 0) is 9.59 Å². The van der Waals surface area contributed by atoms with Gasteiger partial charge in [-0.15, -0.1) is 0 Å². The summed E-state index contributed by atoms with van der Waals surface area (Å²) in [7, 11) is 2.67. The zero-order valence-electron chi connectivity index (χ0n) is 18.6. The number of aryl methyl sites for hydroxylation is 1. The minimum absolute atomic E-state index is 0.0997. The molecule has 0 atom stereocenters. The molecule has 1 aliphatic rings. The Morgan fingerprint density at radius 3 is 2.19 bits per heavy atom. The molecule has 0 saturated carbocycles. The zero-order valence-corrected chi connectivity index (χ0v) is 18.6. The van der Waals surface area contributed by atoms with Crippen molar-refractivity contribution in [2.45, 2.75) is 13.8 Å². The molecule has 0 N–H and O–H groups in total. The molecule has 32 heavy (non-hydrogen) atoms. The minimum atomic E-state index is -0.663. The third-order valence-electron chi connectivity index (χ3n) is 4.82. The highest BCUT2D eigenvalue weighted by molar-refractivity contribution is 6.30. The van der Waals surface area contributed by atoms with Crippen LogP contribution < -0.4 is 14.2 Å². The maximum atomic E-state index is 12.4. The number of carbonyl (C=O) groups excluding carboxylic acids is 3. The van der Waals surface area contributed by atoms with Crippen LogP contribution in [0.25, 0.3) is 6.08 Å². The number of imide groups is 2. The summed E-state index contributed by atoms with van der Waals surface area (Å²) in [4.78, 5) is 38.5. The molecule has 1 saturated heterocycles. The van der Waals surface area contributed by atoms with Crippen LogP contribution in [-0.4, -0.2) is 61.6 Å². The molecule has 2 aromatic carbocycles. The monoisotopic (exact) mass is 438 g/mol. The summed E-state index contributed by atoms with van der Waals surface area (Å²) in [6.45, 7) is 4.92. The third-order valence-corrected chi connectivity index (χ3v) is 4.82. The minimum Gasteiger partial charge on any atom is -0.490 e. The molecule has 8 heteroatoms. The van der Waals surface area contributed by atoms with Gasteiger partial charge in [0.25, 0.3) is 11.8 Å². The fourth-order valence-electron chi connectivity index (χ4n) is 3.16. The first-order chi connectivity index (χ1) is 15.3. The van der Waals surface area contributed by atoms with Crippen molar-refractivity contribution in [3.8, 4) is 17.2 Å². The van der Waals surface area contributed by atoms with E-state index in [-0.39, 0.29) is 5.57 Å². The number of amides is 4. The van der Waals surface area contributed by atoms with Gasteiger partial charge in [0.05, 0.1) is 6.61 Å². The Kier molecular flexibility index (Phi) is 7.14. The molecule has 0 spiro atoms. The second-order valence-corrected chi connectivity index (χ2v) is 7.22. The average molecular weight is 438 g/mol. The second-order valence-electron chi connectivity index (χ2n) is 7.22. The summed E-state index contributed by atoms with van der Waals surface area (Å²) < 4.78 is 17.2. The molecule has 1 fully saturated rings. The van der Waals surface area contributed by atoms with Gasteiger partial charge in [0.1, 0.15) is 24.5 Å². The van der Waals surface area contributed by atoms with Crippen LogP contribution in [0.2, 0.25) is 0 Å². The molecule has 0 aliphatic carbocycles. The SMILES string of the molecule is CCOc1cc(C=C2C(=O)N(C)C(=O)N(C)C2=O)ccc1OCCOc1cccc(C)c1. The second kappa shape index (κ2) is 10.00. The first-order valence-corrected chi connectivity index (χ1v) is 10.2. The first-order valence-electron chi connectivity index (χ1n) is 10.2. The summed E-state index contributed by atoms with van der Waals surface area (Å²) in [6.07, 6.45) is 1.44. The summed E-state index contributed by atoms with van der Waals surface area (Å²) in [6, 6.07) is 12.2. The van der Waals surface area contributed by atoms with Crippen LogP contribution in [0.3, 0.4) is 0 Å². The standard InChI is InChI=1S/C24H26N2O6/c1-5-30-21-15-17(14-19-22(27)25(3)24(29)26(4)23(19)28)9-10-20(21)32-12-11-31-18-8-6-7-16(2)13-18/h6-10,13-15H,5,11-12H2,1-4H3. The molecule has 3 rings (SSSR count). The summed E-state index contributed by atoms with van der Waals surface area (Å²) in [5.41, 5.74) is 1.59. The van der Waals surface area contributed by atoms with Crippen LogP contribution in [0.15, 0.2) is 48.0 Å². The van der Waals surface area contributed by atoms with E-state index in [0.717, 1.165) is 21.1 Å². The highest BCUT2D eigenvalue weighted by Gasteiger charge is 2.37. The molecular weight excluding hydrogens is 412 g/mol. The van der Waals surface area contributed by atoms with Gasteiger partial charge >= 0.3 is 6.03 Å². The molecule has 0 radical (unpaired) electrons. The number of benzene rings is 2. The Hall–Kier alpha value is -3.81. The van der Waals surface area contributed by atoms with Crippen molar-refractivity contribution in [3.05, 3.63) is 59.2 Å². The van der Waals surface area contributed by atoms with Gasteiger partial charge < -0.3 is 14.2 Å². The van der Waals surface area contributed by atoms with Crippen LogP contribution in [0.1, 0.15) is 18.1 Å². The van der Waals surface area contributed by atoms with Gasteiger partial charge in [-0.05, 0) is 55.3 Å². The smallest absolute Gasteiger partial charge is 0.333 e. The number of hydrogen-bond acceptors (Lipinski definition) is 6. The Morgan fingerprint density at radius 1 is 0.844 bits per heavy atom. The summed E-state index contributed by atoms with van der Waals surface area (Å²) >= 11 is 0. The molecule has 168 valence electrons. The lowest BCUT2D eigenvalue weighted by atomic mass is 10.1. The van der Waals surface area contributed by atoms with Crippen molar-refractivity contribution in [3.63, 3.8) is 0 Å². The summed E-state index contributed by atoms with van der Waals surface area (Å²) in [5, 5.41) is 0. The maximum Gasteiger partial charge on any atom is 0.333 e. The zero-order chi connectivity index (χ0) is 23.3. The van der Waals surface area contributed by atoms with Crippen molar-refractivity contribution >= 4 is 23.9 Å². The van der Waals surface area contributed by atoms with Crippen LogP contribution in [0.4, 0.5) is 4.79 Å². The lowest BCUT2D eigenvalue weighted by Gasteiger charge is -2.28. The van der Waals surface area contributed by atoms with Crippen LogP contribution in [0.5, 0.6) is 17.2 Å². The van der Waals surface area contributed by atoms with E-state index in [2.05, 4.69) is 0 Å². The largest absolute Gasteiger partial charge is 0.490 e. The Balaban J connectivity index is 1.72. The quantitative estimate of drug-likeness (QED) is 0.357. The highest BCUT2D eigenvalue weighted by atomic mass is 16.5. The fraction of sp³-hybridized carbons (Fsp3) is 0.292. The van der Waals surface area contributed by atoms with E-state index in [9.17, 15) is 14.4 Å². The van der Waals surface area contributed by atoms with E-state index in [0.29, 0.717) is 36.9 Å². The molecule has 4 amide bonds. The molecule has 1 heterocycles. The lowest BCUT2D eigenvalue weighted by Crippen LogP contribution is -2.52. The number of nitrogens with zero attached hydrogens (tertiary/aromatic N) is 2. The van der Waals surface area contributed by atoms with Gasteiger partial charge in [-0.2, -0.15) is 0 Å². The van der Waals surface area contributed by atoms with Crippen molar-refractivity contribution in [1.82, 2.24) is 9.80 Å². The highest BCUT2D eigenvalue weighted by Crippen LogP contribution is 2.30. The predicted molar refractivity (Wildman–Crippen MR) is 119 cm³/mol. The summed E-state index contributed by atoms with van der Waals surface area (Å²) in [5.74, 6) is 0.476. The van der Waals surface area contributed by atoms with Crippen molar-refractivity contribution in [2.75, 3.05) is 33.9 Å². The number of hydrogen-bond donors (Lipinski definition) is 0. The van der Waals surface area contributed by atoms with Gasteiger partial charge in [-0.3, -0.25) is 19.4 Å². The van der Waals surface area contributed by atoms with Gasteiger partial charge in [0.2, 0.25) is 0 Å². The number of urea groups is 1. The van der Waals surface area contributed by atoms with Gasteiger partial charge in [0.15, 0.2) is 11.5 Å². The molecule has 0 aromatic heterocycles. The number of ether oxygens (including phenoxy) is 3.